The quantitative estimate of drug-likeness (QED) is 0.804. The Morgan fingerprint density at radius 2 is 2.24 bits per heavy atom. The molecule has 90 valence electrons. The third kappa shape index (κ3) is 2.80. The molecule has 0 aliphatic carbocycles. The molecule has 0 aliphatic rings. The first kappa shape index (κ1) is 13.6. The Bertz CT molecular complexity index is 483. The fraction of sp³-hybridized carbons (Fsp3) is 0.273. The molecule has 1 aromatic rings. The summed E-state index contributed by atoms with van der Waals surface area (Å²) in [5.74, 6) is -0.703. The smallest absolute Gasteiger partial charge is 0.339 e. The van der Waals surface area contributed by atoms with E-state index in [4.69, 9.17) is 10.00 Å². The van der Waals surface area contributed by atoms with E-state index in [1.54, 1.807) is 13.0 Å². The predicted octanol–water partition coefficient (Wildman–Crippen LogP) is 3.44. The summed E-state index contributed by atoms with van der Waals surface area (Å²) in [6.45, 7) is 1.77. The van der Waals surface area contributed by atoms with Crippen molar-refractivity contribution >= 4 is 21.9 Å². The molecule has 0 bridgehead atoms. The summed E-state index contributed by atoms with van der Waals surface area (Å²) >= 11 is 2.90. The van der Waals surface area contributed by atoms with Crippen LogP contribution in [0.2, 0.25) is 0 Å². The van der Waals surface area contributed by atoms with E-state index in [1.807, 2.05) is 0 Å². The van der Waals surface area contributed by atoms with Crippen molar-refractivity contribution in [2.24, 2.45) is 0 Å². The van der Waals surface area contributed by atoms with Crippen molar-refractivity contribution in [1.82, 2.24) is 0 Å². The zero-order chi connectivity index (χ0) is 13.0. The van der Waals surface area contributed by atoms with E-state index in [0.717, 1.165) is 6.07 Å². The summed E-state index contributed by atoms with van der Waals surface area (Å²) in [6, 6.07) is 3.99. The summed E-state index contributed by atoms with van der Waals surface area (Å²) in [7, 11) is 0. The van der Waals surface area contributed by atoms with Crippen LogP contribution >= 0.6 is 15.9 Å². The molecule has 0 aliphatic heterocycles. The molecule has 3 nitrogen and oxygen atoms in total. The number of carbonyl (C=O) groups excluding carboxylic acids is 1. The van der Waals surface area contributed by atoms with Gasteiger partial charge in [-0.3, -0.25) is 0 Å². The minimum Gasteiger partial charge on any atom is -0.462 e. The normalized spacial score (nSPS) is 10.1. The maximum Gasteiger partial charge on any atom is 0.339 e. The van der Waals surface area contributed by atoms with Gasteiger partial charge in [0.15, 0.2) is 0 Å². The average molecular weight is 304 g/mol. The zero-order valence-corrected chi connectivity index (χ0v) is 10.4. The third-order valence-electron chi connectivity index (χ3n) is 2.01. The largest absolute Gasteiger partial charge is 0.462 e. The van der Waals surface area contributed by atoms with E-state index < -0.39 is 12.4 Å². The van der Waals surface area contributed by atoms with E-state index in [-0.39, 0.29) is 27.8 Å². The number of ether oxygens (including phenoxy) is 1. The average Bonchev–Trinajstić information content (AvgIpc) is 2.28. The molecule has 0 N–H and O–H groups in total. The number of nitrogens with zero attached hydrogens (tertiary/aromatic N) is 1. The Hall–Kier alpha value is -1.48. The van der Waals surface area contributed by atoms with Gasteiger partial charge < -0.3 is 4.74 Å². The van der Waals surface area contributed by atoms with Gasteiger partial charge in [-0.15, -0.1) is 0 Å². The van der Waals surface area contributed by atoms with Crippen LogP contribution in [0.5, 0.6) is 0 Å². The van der Waals surface area contributed by atoms with Crippen molar-refractivity contribution < 1.29 is 18.3 Å². The summed E-state index contributed by atoms with van der Waals surface area (Å²) < 4.78 is 29.8. The van der Waals surface area contributed by atoms with Crippen molar-refractivity contribution in [3.05, 3.63) is 33.3 Å². The van der Waals surface area contributed by atoms with Crippen LogP contribution in [0.1, 0.15) is 34.8 Å². The summed E-state index contributed by atoms with van der Waals surface area (Å²) in [5.41, 5.74) is -0.485. The van der Waals surface area contributed by atoms with Crippen molar-refractivity contribution in [3.8, 4) is 6.07 Å². The lowest BCUT2D eigenvalue weighted by molar-refractivity contribution is 0.0525. The minimum absolute atomic E-state index is 0.0226. The number of nitriles is 1. The Kier molecular flexibility index (Phi) is 4.58. The first-order valence-electron chi connectivity index (χ1n) is 4.70. The third-order valence-corrected chi connectivity index (χ3v) is 2.87. The van der Waals surface area contributed by atoms with Crippen LogP contribution in [0.15, 0.2) is 16.6 Å². The van der Waals surface area contributed by atoms with Gasteiger partial charge in [-0.2, -0.15) is 5.26 Å². The van der Waals surface area contributed by atoms with Gasteiger partial charge in [0, 0.05) is 10.0 Å². The first-order valence-corrected chi connectivity index (χ1v) is 5.50. The molecule has 0 amide bonds. The molecule has 6 heteroatoms. The molecular formula is C11H8BrF2NO2. The van der Waals surface area contributed by atoms with Crippen molar-refractivity contribution in [3.63, 3.8) is 0 Å². The number of hydrogen-bond acceptors (Lipinski definition) is 3. The number of hydrogen-bond donors (Lipinski definition) is 0. The molecule has 0 aromatic heterocycles. The van der Waals surface area contributed by atoms with Crippen LogP contribution < -0.4 is 0 Å². The Morgan fingerprint density at radius 3 is 2.71 bits per heavy atom. The Balaban J connectivity index is 3.32. The molecule has 0 radical (unpaired) electrons. The van der Waals surface area contributed by atoms with Crippen LogP contribution in [0, 0.1) is 11.3 Å². The zero-order valence-electron chi connectivity index (χ0n) is 8.84. The van der Waals surface area contributed by atoms with Gasteiger partial charge in [0.25, 0.3) is 6.43 Å². The number of esters is 1. The van der Waals surface area contributed by atoms with Gasteiger partial charge in [0.1, 0.15) is 6.07 Å². The fourth-order valence-corrected chi connectivity index (χ4v) is 1.86. The summed E-state index contributed by atoms with van der Waals surface area (Å²) in [5, 5.41) is 8.89. The lowest BCUT2D eigenvalue weighted by Crippen LogP contribution is -2.08. The molecule has 0 atom stereocenters. The highest BCUT2D eigenvalue weighted by atomic mass is 79.9. The molecule has 0 fully saturated rings. The van der Waals surface area contributed by atoms with E-state index >= 15 is 0 Å². The fourth-order valence-electron chi connectivity index (χ4n) is 1.25. The molecule has 1 aromatic carbocycles. The molecule has 1 rings (SSSR count). The maximum atomic E-state index is 12.6. The molecule has 0 saturated carbocycles. The topological polar surface area (TPSA) is 50.1 Å². The van der Waals surface area contributed by atoms with Crippen LogP contribution in [0.4, 0.5) is 8.78 Å². The number of benzene rings is 1. The van der Waals surface area contributed by atoms with Crippen molar-refractivity contribution in [2.45, 2.75) is 13.3 Å². The predicted molar refractivity (Wildman–Crippen MR) is 59.8 cm³/mol. The number of carbonyl (C=O) groups is 1. The lowest BCUT2D eigenvalue weighted by Gasteiger charge is -2.09. The van der Waals surface area contributed by atoms with Gasteiger partial charge in [0.2, 0.25) is 0 Å². The van der Waals surface area contributed by atoms with Crippen LogP contribution in [-0.2, 0) is 4.74 Å². The first-order chi connectivity index (χ1) is 8.02. The minimum atomic E-state index is -2.72. The Labute approximate surface area is 105 Å². The van der Waals surface area contributed by atoms with Crippen molar-refractivity contribution in [2.75, 3.05) is 6.61 Å². The second-order valence-corrected chi connectivity index (χ2v) is 3.82. The van der Waals surface area contributed by atoms with Gasteiger partial charge >= 0.3 is 5.97 Å². The van der Waals surface area contributed by atoms with E-state index in [1.165, 1.54) is 6.07 Å². The second kappa shape index (κ2) is 5.73. The summed E-state index contributed by atoms with van der Waals surface area (Å²) in [6.07, 6.45) is -2.72. The summed E-state index contributed by atoms with van der Waals surface area (Å²) in [4.78, 5) is 11.5. The van der Waals surface area contributed by atoms with Gasteiger partial charge in [-0.25, -0.2) is 13.6 Å². The maximum absolute atomic E-state index is 12.6. The van der Waals surface area contributed by atoms with Crippen LogP contribution in [-0.4, -0.2) is 12.6 Å². The second-order valence-electron chi connectivity index (χ2n) is 3.02. The molecule has 17 heavy (non-hydrogen) atoms. The highest BCUT2D eigenvalue weighted by Gasteiger charge is 2.21. The molecular weight excluding hydrogens is 296 g/mol. The highest BCUT2D eigenvalue weighted by molar-refractivity contribution is 9.10. The van der Waals surface area contributed by atoms with E-state index in [2.05, 4.69) is 15.9 Å². The van der Waals surface area contributed by atoms with Crippen molar-refractivity contribution in [1.29, 1.82) is 5.26 Å². The standard InChI is InChI=1S/C11H8BrF2NO2/c1-2-17-11(16)6-3-4-7(10(13)14)9(12)8(6)5-15/h3-4,10H,2H2,1H3. The van der Waals surface area contributed by atoms with Gasteiger partial charge in [-0.05, 0) is 28.9 Å². The lowest BCUT2D eigenvalue weighted by atomic mass is 10.0. The monoisotopic (exact) mass is 303 g/mol. The Morgan fingerprint density at radius 1 is 1.59 bits per heavy atom. The molecule has 0 spiro atoms. The van der Waals surface area contributed by atoms with Gasteiger partial charge in [-0.1, -0.05) is 6.07 Å². The molecule has 0 saturated heterocycles. The van der Waals surface area contributed by atoms with E-state index in [9.17, 15) is 13.6 Å². The SMILES string of the molecule is CCOC(=O)c1ccc(C(F)F)c(Br)c1C#N. The number of alkyl halides is 2. The van der Waals surface area contributed by atoms with Gasteiger partial charge in [0.05, 0.1) is 17.7 Å². The number of rotatable bonds is 3. The van der Waals surface area contributed by atoms with Crippen LogP contribution in [0.25, 0.3) is 0 Å². The van der Waals surface area contributed by atoms with E-state index in [0.29, 0.717) is 0 Å². The highest BCUT2D eigenvalue weighted by Crippen LogP contribution is 2.32. The number of halogens is 3. The molecule has 0 unspecified atom stereocenters. The molecule has 0 heterocycles. The van der Waals surface area contributed by atoms with Crippen LogP contribution in [0.3, 0.4) is 0 Å².